The summed E-state index contributed by atoms with van der Waals surface area (Å²) in [4.78, 5) is 22.9. The van der Waals surface area contributed by atoms with Crippen LogP contribution in [0.3, 0.4) is 0 Å². The molecule has 23 heavy (non-hydrogen) atoms. The Balaban J connectivity index is 0. The summed E-state index contributed by atoms with van der Waals surface area (Å²) < 4.78 is 6.37. The van der Waals surface area contributed by atoms with E-state index in [2.05, 4.69) is 5.32 Å². The van der Waals surface area contributed by atoms with Gasteiger partial charge in [0.1, 0.15) is 6.67 Å². The van der Waals surface area contributed by atoms with Crippen LogP contribution >= 0.6 is 0 Å². The maximum Gasteiger partial charge on any atom is 0.365 e. The van der Waals surface area contributed by atoms with Gasteiger partial charge in [-0.25, -0.2) is 4.79 Å². The normalized spacial score (nSPS) is 9.13. The fourth-order valence-corrected chi connectivity index (χ4v) is 1.67. The number of aryl methyl sites for hydroxylation is 1. The number of carbonyl (C=O) groups is 1. The predicted octanol–water partition coefficient (Wildman–Crippen LogP) is 4.20. The van der Waals surface area contributed by atoms with E-state index in [9.17, 15) is 9.59 Å². The molecule has 5 nitrogen and oxygen atoms in total. The van der Waals surface area contributed by atoms with Gasteiger partial charge < -0.3 is 9.84 Å². The van der Waals surface area contributed by atoms with Gasteiger partial charge >= 0.3 is 5.63 Å². The first-order chi connectivity index (χ1) is 11.1. The van der Waals surface area contributed by atoms with Crippen molar-refractivity contribution in [3.8, 4) is 11.1 Å². The molecular formula is C18H30N2O3. The van der Waals surface area contributed by atoms with E-state index in [0.29, 0.717) is 12.0 Å². The molecule has 0 radical (unpaired) electrons. The molecular weight excluding hydrogens is 292 g/mol. The molecule has 0 unspecified atom stereocenters. The quantitative estimate of drug-likeness (QED) is 0.917. The monoisotopic (exact) mass is 322 g/mol. The molecule has 0 aliphatic carbocycles. The zero-order valence-corrected chi connectivity index (χ0v) is 15.0. The molecule has 0 atom stereocenters. The Labute approximate surface area is 139 Å². The summed E-state index contributed by atoms with van der Waals surface area (Å²) in [6.07, 6.45) is 2.00. The number of carbonyl (C=O) groups excluding carboxylic acids is 1. The first kappa shape index (κ1) is 20.7. The molecule has 0 aliphatic heterocycles. The van der Waals surface area contributed by atoms with Crippen LogP contribution in [0.1, 0.15) is 48.0 Å². The number of rotatable bonds is 4. The molecule has 0 saturated carbocycles. The molecule has 0 spiro atoms. The van der Waals surface area contributed by atoms with E-state index < -0.39 is 5.63 Å². The lowest BCUT2D eigenvalue weighted by atomic mass is 10.1. The second-order valence-corrected chi connectivity index (χ2v) is 4.32. The van der Waals surface area contributed by atoms with Crippen LogP contribution < -0.4 is 10.9 Å². The van der Waals surface area contributed by atoms with E-state index in [0.717, 1.165) is 11.1 Å². The van der Waals surface area contributed by atoms with Gasteiger partial charge in [0, 0.05) is 7.85 Å². The molecule has 130 valence electrons. The van der Waals surface area contributed by atoms with Crippen molar-refractivity contribution in [1.82, 2.24) is 10.1 Å². The molecule has 1 aromatic carbocycles. The van der Waals surface area contributed by atoms with E-state index in [1.165, 1.54) is 4.74 Å². The van der Waals surface area contributed by atoms with E-state index in [4.69, 9.17) is 4.52 Å². The molecule has 0 fully saturated rings. The third-order valence-corrected chi connectivity index (χ3v) is 2.81. The van der Waals surface area contributed by atoms with E-state index in [1.807, 2.05) is 58.9 Å². The average molecular weight is 322 g/mol. The highest BCUT2D eigenvalue weighted by molar-refractivity contribution is 5.75. The highest BCUT2D eigenvalue weighted by atomic mass is 16.5. The number of aromatic nitrogens is 1. The summed E-state index contributed by atoms with van der Waals surface area (Å²) in [5.74, 6) is -0.0896. The van der Waals surface area contributed by atoms with Crippen LogP contribution in [0.5, 0.6) is 0 Å². The molecule has 1 aromatic heterocycles. The van der Waals surface area contributed by atoms with Crippen molar-refractivity contribution in [2.24, 2.45) is 0 Å². The van der Waals surface area contributed by atoms with Crippen LogP contribution in [0, 0.1) is 6.92 Å². The fourth-order valence-electron chi connectivity index (χ4n) is 1.67. The van der Waals surface area contributed by atoms with Gasteiger partial charge in [-0.05, 0) is 12.5 Å². The number of nitrogens with one attached hydrogen (secondary N) is 1. The minimum absolute atomic E-state index is 0. The molecule has 1 N–H and O–H groups in total. The van der Waals surface area contributed by atoms with Crippen molar-refractivity contribution in [2.45, 2.75) is 54.6 Å². The topological polar surface area (TPSA) is 64.2 Å². The SMILES string of the molecule is CC.CC.CCC(=O)NCn1cc(-c2ccc(C)cc2)c(=O)o1.[HH]. The van der Waals surface area contributed by atoms with Crippen molar-refractivity contribution < 1.29 is 10.7 Å². The molecule has 1 amide bonds. The average Bonchev–Trinajstić information content (AvgIpc) is 2.98. The van der Waals surface area contributed by atoms with Crippen LogP contribution in [0.25, 0.3) is 11.1 Å². The van der Waals surface area contributed by atoms with Gasteiger partial charge in [-0.1, -0.05) is 64.4 Å². The van der Waals surface area contributed by atoms with Crippen molar-refractivity contribution in [3.63, 3.8) is 0 Å². The summed E-state index contributed by atoms with van der Waals surface area (Å²) in [5.41, 5.74) is 2.02. The highest BCUT2D eigenvalue weighted by Crippen LogP contribution is 2.16. The van der Waals surface area contributed by atoms with Gasteiger partial charge in [-0.15, -0.1) is 0 Å². The van der Waals surface area contributed by atoms with Crippen LogP contribution in [0.4, 0.5) is 0 Å². The van der Waals surface area contributed by atoms with E-state index in [-0.39, 0.29) is 14.0 Å². The number of benzene rings is 1. The smallest absolute Gasteiger partial charge is 0.336 e. The maximum absolute atomic E-state index is 11.7. The Kier molecular flexibility index (Phi) is 10.2. The number of nitrogens with zero attached hydrogens (tertiary/aromatic N) is 1. The van der Waals surface area contributed by atoms with E-state index >= 15 is 0 Å². The third-order valence-electron chi connectivity index (χ3n) is 2.81. The summed E-state index contributed by atoms with van der Waals surface area (Å²) in [6, 6.07) is 7.61. The van der Waals surface area contributed by atoms with Crippen LogP contribution in [0.15, 0.2) is 39.8 Å². The van der Waals surface area contributed by atoms with Crippen LogP contribution in [-0.4, -0.2) is 10.6 Å². The number of hydrogen-bond acceptors (Lipinski definition) is 3. The van der Waals surface area contributed by atoms with Crippen molar-refractivity contribution in [2.75, 3.05) is 0 Å². The zero-order valence-electron chi connectivity index (χ0n) is 15.0. The lowest BCUT2D eigenvalue weighted by Gasteiger charge is -2.01. The van der Waals surface area contributed by atoms with Crippen molar-refractivity contribution >= 4 is 5.91 Å². The lowest BCUT2D eigenvalue weighted by molar-refractivity contribution is -0.121. The summed E-state index contributed by atoms with van der Waals surface area (Å²) in [5, 5.41) is 2.64. The minimum Gasteiger partial charge on any atom is -0.336 e. The Morgan fingerprint density at radius 2 is 1.74 bits per heavy atom. The van der Waals surface area contributed by atoms with Crippen LogP contribution in [0.2, 0.25) is 0 Å². The minimum atomic E-state index is -0.408. The first-order valence-electron chi connectivity index (χ1n) is 8.14. The molecule has 0 bridgehead atoms. The third kappa shape index (κ3) is 6.55. The lowest BCUT2D eigenvalue weighted by Crippen LogP contribution is -2.24. The highest BCUT2D eigenvalue weighted by Gasteiger charge is 2.09. The van der Waals surface area contributed by atoms with Crippen molar-refractivity contribution in [1.29, 1.82) is 0 Å². The Bertz CT molecular complexity index is 630. The van der Waals surface area contributed by atoms with Gasteiger partial charge in [0.2, 0.25) is 5.91 Å². The van der Waals surface area contributed by atoms with Crippen molar-refractivity contribution in [3.05, 3.63) is 46.4 Å². The zero-order chi connectivity index (χ0) is 17.8. The Morgan fingerprint density at radius 1 is 1.17 bits per heavy atom. The van der Waals surface area contributed by atoms with Gasteiger partial charge in [-0.3, -0.25) is 4.79 Å². The molecule has 2 rings (SSSR count). The van der Waals surface area contributed by atoms with Gasteiger partial charge in [0.05, 0.1) is 11.8 Å². The van der Waals surface area contributed by atoms with Gasteiger partial charge in [0.15, 0.2) is 0 Å². The summed E-state index contributed by atoms with van der Waals surface area (Å²) in [7, 11) is 0. The van der Waals surface area contributed by atoms with Gasteiger partial charge in [0.25, 0.3) is 0 Å². The van der Waals surface area contributed by atoms with E-state index in [1.54, 1.807) is 13.1 Å². The molecule has 1 heterocycles. The molecule has 5 heteroatoms. The first-order valence-corrected chi connectivity index (χ1v) is 8.14. The summed E-state index contributed by atoms with van der Waals surface area (Å²) in [6.45, 7) is 11.9. The summed E-state index contributed by atoms with van der Waals surface area (Å²) >= 11 is 0. The standard InChI is InChI=1S/C14H16N2O3.2C2H6.H2/c1-3-13(17)15-9-16-8-12(14(18)19-16)11-6-4-10(2)5-7-11;2*1-2;/h4-8H,3,9H2,1-2H3,(H,15,17);2*1-2H3;1H. The van der Waals surface area contributed by atoms with Gasteiger partial charge in [-0.2, -0.15) is 4.74 Å². The Hall–Kier alpha value is -2.30. The fraction of sp³-hybridized carbons (Fsp3) is 0.444. The molecule has 0 aliphatic rings. The predicted molar refractivity (Wildman–Crippen MR) is 96.4 cm³/mol. The second kappa shape index (κ2) is 11.3. The van der Waals surface area contributed by atoms with Crippen LogP contribution in [-0.2, 0) is 11.5 Å². The number of hydrogen-bond donors (Lipinski definition) is 1. The largest absolute Gasteiger partial charge is 0.365 e. The number of amides is 1. The second-order valence-electron chi connectivity index (χ2n) is 4.32. The molecule has 0 saturated heterocycles. The Morgan fingerprint density at radius 3 is 2.26 bits per heavy atom. The maximum atomic E-state index is 11.7. The molecule has 2 aromatic rings.